The summed E-state index contributed by atoms with van der Waals surface area (Å²) in [6.45, 7) is 3.91. The molecule has 0 aliphatic carbocycles. The van der Waals surface area contributed by atoms with Crippen molar-refractivity contribution in [3.05, 3.63) is 23.3 Å². The van der Waals surface area contributed by atoms with Crippen LogP contribution in [0.3, 0.4) is 0 Å². The molecule has 1 aromatic carbocycles. The van der Waals surface area contributed by atoms with E-state index in [2.05, 4.69) is 5.32 Å². The lowest BCUT2D eigenvalue weighted by atomic mass is 9.82. The Morgan fingerprint density at radius 3 is 2.47 bits per heavy atom. The lowest BCUT2D eigenvalue weighted by molar-refractivity contribution is -0.131. The fraction of sp³-hybridized carbons (Fsp3) is 0.500. The van der Waals surface area contributed by atoms with Crippen molar-refractivity contribution in [1.29, 1.82) is 0 Å². The zero-order valence-electron chi connectivity index (χ0n) is 11.7. The second kappa shape index (κ2) is 4.42. The summed E-state index contributed by atoms with van der Waals surface area (Å²) in [6.07, 6.45) is 0.504. The number of carbonyl (C=O) groups is 1. The largest absolute Gasteiger partial charge is 0.504 e. The molecule has 2 rings (SSSR count). The number of fused-ring (bicyclic) bond motifs is 1. The molecule has 1 heterocycles. The number of likely N-dealkylation sites (N-methyl/N-ethyl adjacent to an activating group) is 1. The first-order chi connectivity index (χ1) is 8.72. The Labute approximate surface area is 112 Å². The van der Waals surface area contributed by atoms with Crippen LogP contribution < -0.4 is 5.32 Å². The maximum atomic E-state index is 12.1. The summed E-state index contributed by atoms with van der Waals surface area (Å²) in [5.74, 6) is -0.273. The van der Waals surface area contributed by atoms with Gasteiger partial charge in [-0.05, 0) is 43.5 Å². The minimum Gasteiger partial charge on any atom is -0.504 e. The van der Waals surface area contributed by atoms with E-state index in [1.54, 1.807) is 31.1 Å². The monoisotopic (exact) mass is 264 g/mol. The van der Waals surface area contributed by atoms with Crippen LogP contribution in [-0.2, 0) is 16.8 Å². The number of carbonyl (C=O) groups excluding carboxylic acids is 1. The summed E-state index contributed by atoms with van der Waals surface area (Å²) >= 11 is 0. The Kier molecular flexibility index (Phi) is 3.18. The van der Waals surface area contributed by atoms with E-state index >= 15 is 0 Å². The van der Waals surface area contributed by atoms with Gasteiger partial charge in [-0.3, -0.25) is 10.1 Å². The highest BCUT2D eigenvalue weighted by atomic mass is 16.3. The number of benzene rings is 1. The van der Waals surface area contributed by atoms with E-state index in [4.69, 9.17) is 0 Å². The van der Waals surface area contributed by atoms with Gasteiger partial charge in [-0.2, -0.15) is 0 Å². The molecule has 5 nitrogen and oxygen atoms in total. The average molecular weight is 264 g/mol. The van der Waals surface area contributed by atoms with Crippen molar-refractivity contribution in [3.8, 4) is 11.5 Å². The molecule has 104 valence electrons. The van der Waals surface area contributed by atoms with Crippen LogP contribution in [0.2, 0.25) is 0 Å². The molecule has 5 heteroatoms. The number of hydrogen-bond acceptors (Lipinski definition) is 4. The van der Waals surface area contributed by atoms with E-state index in [-0.39, 0.29) is 23.4 Å². The van der Waals surface area contributed by atoms with E-state index in [1.165, 1.54) is 0 Å². The van der Waals surface area contributed by atoms with Gasteiger partial charge in [-0.1, -0.05) is 0 Å². The fourth-order valence-electron chi connectivity index (χ4n) is 2.62. The molecule has 1 atom stereocenters. The lowest BCUT2D eigenvalue weighted by Gasteiger charge is -2.39. The van der Waals surface area contributed by atoms with Crippen LogP contribution in [0, 0.1) is 0 Å². The summed E-state index contributed by atoms with van der Waals surface area (Å²) in [6, 6.07) is 2.79. The van der Waals surface area contributed by atoms with Crippen LogP contribution in [0.5, 0.6) is 11.5 Å². The van der Waals surface area contributed by atoms with Crippen LogP contribution in [0.15, 0.2) is 12.1 Å². The first-order valence-electron chi connectivity index (χ1n) is 6.26. The Morgan fingerprint density at radius 1 is 1.32 bits per heavy atom. The topological polar surface area (TPSA) is 72.8 Å². The third kappa shape index (κ3) is 2.38. The summed E-state index contributed by atoms with van der Waals surface area (Å²) < 4.78 is 0. The highest BCUT2D eigenvalue weighted by molar-refractivity contribution is 5.82. The Morgan fingerprint density at radius 2 is 1.89 bits per heavy atom. The van der Waals surface area contributed by atoms with E-state index in [1.807, 2.05) is 13.8 Å². The molecule has 1 aliphatic heterocycles. The summed E-state index contributed by atoms with van der Waals surface area (Å²) in [5, 5.41) is 22.5. The molecule has 0 unspecified atom stereocenters. The van der Waals surface area contributed by atoms with Crippen LogP contribution in [-0.4, -0.2) is 41.2 Å². The fourth-order valence-corrected chi connectivity index (χ4v) is 2.62. The molecule has 0 bridgehead atoms. The minimum absolute atomic E-state index is 0.00582. The molecular formula is C14H20N2O3. The van der Waals surface area contributed by atoms with Crippen LogP contribution in [0.4, 0.5) is 0 Å². The number of amides is 1. The van der Waals surface area contributed by atoms with Crippen molar-refractivity contribution >= 4 is 5.91 Å². The van der Waals surface area contributed by atoms with Gasteiger partial charge in [0, 0.05) is 19.6 Å². The number of phenols is 2. The van der Waals surface area contributed by atoms with E-state index in [9.17, 15) is 15.0 Å². The molecule has 0 spiro atoms. The number of rotatable bonds is 1. The normalized spacial score (nSPS) is 20.7. The van der Waals surface area contributed by atoms with Crippen LogP contribution in [0.25, 0.3) is 0 Å². The van der Waals surface area contributed by atoms with Gasteiger partial charge in [-0.15, -0.1) is 0 Å². The molecule has 1 aromatic rings. The molecule has 1 aliphatic rings. The summed E-state index contributed by atoms with van der Waals surface area (Å²) in [4.78, 5) is 13.7. The van der Waals surface area contributed by atoms with Gasteiger partial charge in [0.15, 0.2) is 11.5 Å². The highest BCUT2D eigenvalue weighted by Crippen LogP contribution is 2.37. The highest BCUT2D eigenvalue weighted by Gasteiger charge is 2.36. The van der Waals surface area contributed by atoms with E-state index in [0.29, 0.717) is 6.42 Å². The zero-order valence-corrected chi connectivity index (χ0v) is 11.7. The molecule has 0 saturated carbocycles. The maximum Gasteiger partial charge on any atom is 0.239 e. The first-order valence-corrected chi connectivity index (χ1v) is 6.26. The predicted octanol–water partition coefficient (Wildman–Crippen LogP) is 0.935. The molecule has 0 aromatic heterocycles. The van der Waals surface area contributed by atoms with Gasteiger partial charge in [0.1, 0.15) is 0 Å². The van der Waals surface area contributed by atoms with Crippen molar-refractivity contribution in [3.63, 3.8) is 0 Å². The molecule has 3 N–H and O–H groups in total. The van der Waals surface area contributed by atoms with Crippen LogP contribution in [0.1, 0.15) is 25.0 Å². The van der Waals surface area contributed by atoms with Crippen molar-refractivity contribution in [2.75, 3.05) is 14.1 Å². The molecule has 1 amide bonds. The lowest BCUT2D eigenvalue weighted by Crippen LogP contribution is -2.55. The first kappa shape index (κ1) is 13.7. The number of hydrogen-bond donors (Lipinski definition) is 3. The van der Waals surface area contributed by atoms with Crippen LogP contribution >= 0.6 is 0 Å². The minimum atomic E-state index is -0.435. The second-order valence-corrected chi connectivity index (χ2v) is 5.76. The summed E-state index contributed by atoms with van der Waals surface area (Å²) in [7, 11) is 3.45. The Bertz CT molecular complexity index is 524. The number of phenolic OH excluding ortho intramolecular Hbond substituents is 2. The smallest absolute Gasteiger partial charge is 0.239 e. The average Bonchev–Trinajstić information content (AvgIpc) is 2.30. The molecule has 0 radical (unpaired) electrons. The van der Waals surface area contributed by atoms with E-state index in [0.717, 1.165) is 11.1 Å². The standard InChI is InChI=1S/C14H20N2O3/c1-14(2)9-7-12(18)11(17)6-8(9)5-10(15-14)13(19)16(3)4/h6-7,10,15,17-18H,5H2,1-4H3/t10-/m0/s1. The molecule has 0 fully saturated rings. The Balaban J connectivity index is 2.44. The molecular weight excluding hydrogens is 244 g/mol. The van der Waals surface area contributed by atoms with Gasteiger partial charge in [0.05, 0.1) is 6.04 Å². The van der Waals surface area contributed by atoms with Crippen molar-refractivity contribution < 1.29 is 15.0 Å². The van der Waals surface area contributed by atoms with Gasteiger partial charge < -0.3 is 15.1 Å². The third-order valence-corrected chi connectivity index (χ3v) is 3.57. The quantitative estimate of drug-likeness (QED) is 0.660. The van der Waals surface area contributed by atoms with Gasteiger partial charge in [0.25, 0.3) is 0 Å². The Hall–Kier alpha value is -1.75. The number of aromatic hydroxyl groups is 2. The van der Waals surface area contributed by atoms with Crippen molar-refractivity contribution in [2.24, 2.45) is 0 Å². The second-order valence-electron chi connectivity index (χ2n) is 5.76. The van der Waals surface area contributed by atoms with Gasteiger partial charge in [-0.25, -0.2) is 0 Å². The van der Waals surface area contributed by atoms with Crippen molar-refractivity contribution in [2.45, 2.75) is 31.8 Å². The van der Waals surface area contributed by atoms with Crippen molar-refractivity contribution in [1.82, 2.24) is 10.2 Å². The van der Waals surface area contributed by atoms with E-state index < -0.39 is 5.54 Å². The predicted molar refractivity (Wildman–Crippen MR) is 72.1 cm³/mol. The summed E-state index contributed by atoms with van der Waals surface area (Å²) in [5.41, 5.74) is 1.36. The zero-order chi connectivity index (χ0) is 14.4. The third-order valence-electron chi connectivity index (χ3n) is 3.57. The molecule has 0 saturated heterocycles. The number of nitrogens with zero attached hydrogens (tertiary/aromatic N) is 1. The van der Waals surface area contributed by atoms with Gasteiger partial charge in [0.2, 0.25) is 5.91 Å². The molecule has 19 heavy (non-hydrogen) atoms. The van der Waals surface area contributed by atoms with Gasteiger partial charge >= 0.3 is 0 Å². The SMILES string of the molecule is CN(C)C(=O)[C@@H]1Cc2cc(O)c(O)cc2C(C)(C)N1. The maximum absolute atomic E-state index is 12.1. The number of nitrogens with one attached hydrogen (secondary N) is 1.